The molecule has 5 heteroatoms. The molecule has 0 saturated carbocycles. The van der Waals surface area contributed by atoms with E-state index in [1.54, 1.807) is 17.0 Å². The highest BCUT2D eigenvalue weighted by Gasteiger charge is 2.20. The minimum atomic E-state index is -0.307. The number of para-hydroxylation sites is 1. The lowest BCUT2D eigenvalue weighted by molar-refractivity contribution is -0.119. The van der Waals surface area contributed by atoms with E-state index in [9.17, 15) is 9.59 Å². The van der Waals surface area contributed by atoms with Crippen LogP contribution in [0.1, 0.15) is 29.8 Å². The molecule has 1 aliphatic heterocycles. The first-order chi connectivity index (χ1) is 12.2. The number of amides is 2. The monoisotopic (exact) mass is 334 g/mol. The summed E-state index contributed by atoms with van der Waals surface area (Å²) in [6.45, 7) is 0.722. The van der Waals surface area contributed by atoms with Gasteiger partial charge in [-0.1, -0.05) is 24.3 Å². The lowest BCUT2D eigenvalue weighted by Crippen LogP contribution is -2.35. The van der Waals surface area contributed by atoms with Crippen LogP contribution >= 0.6 is 0 Å². The van der Waals surface area contributed by atoms with Crippen LogP contribution in [0.3, 0.4) is 0 Å². The van der Waals surface area contributed by atoms with Gasteiger partial charge in [0.2, 0.25) is 5.91 Å². The summed E-state index contributed by atoms with van der Waals surface area (Å²) in [4.78, 5) is 26.3. The van der Waals surface area contributed by atoms with Gasteiger partial charge in [0.15, 0.2) is 5.76 Å². The zero-order valence-corrected chi connectivity index (χ0v) is 13.7. The second-order valence-corrected chi connectivity index (χ2v) is 6.16. The van der Waals surface area contributed by atoms with E-state index in [-0.39, 0.29) is 17.6 Å². The molecule has 0 spiro atoms. The van der Waals surface area contributed by atoms with Crippen molar-refractivity contribution in [3.8, 4) is 0 Å². The Balaban J connectivity index is 1.55. The molecule has 0 radical (unpaired) electrons. The number of furan rings is 1. The fourth-order valence-electron chi connectivity index (χ4n) is 3.12. The predicted molar refractivity (Wildman–Crippen MR) is 96.8 cm³/mol. The predicted octanol–water partition coefficient (Wildman–Crippen LogP) is 4.20. The van der Waals surface area contributed by atoms with Crippen molar-refractivity contribution in [1.29, 1.82) is 0 Å². The van der Waals surface area contributed by atoms with Crippen LogP contribution in [-0.2, 0) is 4.79 Å². The van der Waals surface area contributed by atoms with Gasteiger partial charge < -0.3 is 14.6 Å². The maximum atomic E-state index is 12.5. The number of nitrogens with one attached hydrogen (secondary N) is 1. The molecule has 0 bridgehead atoms. The lowest BCUT2D eigenvalue weighted by atomic mass is 10.1. The van der Waals surface area contributed by atoms with Crippen LogP contribution in [0.4, 0.5) is 11.4 Å². The third-order valence-corrected chi connectivity index (χ3v) is 4.39. The Morgan fingerprint density at radius 1 is 1.04 bits per heavy atom. The number of carbonyl (C=O) groups is 2. The number of rotatable bonds is 3. The average Bonchev–Trinajstić information content (AvgIpc) is 3.07. The molecular weight excluding hydrogens is 316 g/mol. The van der Waals surface area contributed by atoms with E-state index in [2.05, 4.69) is 5.32 Å². The fourth-order valence-corrected chi connectivity index (χ4v) is 3.12. The zero-order chi connectivity index (χ0) is 17.2. The summed E-state index contributed by atoms with van der Waals surface area (Å²) in [5, 5.41) is 3.73. The van der Waals surface area contributed by atoms with Crippen LogP contribution in [-0.4, -0.2) is 18.4 Å². The SMILES string of the molecule is O=C(Nc1cccc(N2CCCCC2=O)c1)c1cc2ccccc2o1. The summed E-state index contributed by atoms with van der Waals surface area (Å²) in [5.41, 5.74) is 2.13. The number of fused-ring (bicyclic) bond motifs is 1. The van der Waals surface area contributed by atoms with Crippen LogP contribution in [0.5, 0.6) is 0 Å². The van der Waals surface area contributed by atoms with Crippen molar-refractivity contribution in [2.45, 2.75) is 19.3 Å². The first-order valence-corrected chi connectivity index (χ1v) is 8.41. The zero-order valence-electron chi connectivity index (χ0n) is 13.7. The lowest BCUT2D eigenvalue weighted by Gasteiger charge is -2.27. The van der Waals surface area contributed by atoms with Gasteiger partial charge in [-0.15, -0.1) is 0 Å². The molecule has 0 unspecified atom stereocenters. The van der Waals surface area contributed by atoms with Gasteiger partial charge in [0.25, 0.3) is 5.91 Å². The molecule has 2 heterocycles. The molecule has 1 N–H and O–H groups in total. The molecule has 1 aliphatic rings. The molecule has 4 rings (SSSR count). The normalized spacial score (nSPS) is 14.7. The van der Waals surface area contributed by atoms with E-state index in [4.69, 9.17) is 4.42 Å². The van der Waals surface area contributed by atoms with Crippen molar-refractivity contribution in [1.82, 2.24) is 0 Å². The van der Waals surface area contributed by atoms with E-state index >= 15 is 0 Å². The summed E-state index contributed by atoms with van der Waals surface area (Å²) in [6, 6.07) is 16.6. The standard InChI is InChI=1S/C20H18N2O3/c23-19-10-3-4-11-22(19)16-8-5-7-15(13-16)21-20(24)18-12-14-6-1-2-9-17(14)25-18/h1-2,5-9,12-13H,3-4,10-11H2,(H,21,24). The highest BCUT2D eigenvalue weighted by Crippen LogP contribution is 2.25. The fraction of sp³-hybridized carbons (Fsp3) is 0.200. The number of nitrogens with zero attached hydrogens (tertiary/aromatic N) is 1. The Morgan fingerprint density at radius 2 is 1.92 bits per heavy atom. The number of piperidine rings is 1. The highest BCUT2D eigenvalue weighted by atomic mass is 16.3. The van der Waals surface area contributed by atoms with Crippen LogP contribution < -0.4 is 10.2 Å². The van der Waals surface area contributed by atoms with Gasteiger partial charge in [-0.2, -0.15) is 0 Å². The quantitative estimate of drug-likeness (QED) is 0.781. The Hall–Kier alpha value is -3.08. The van der Waals surface area contributed by atoms with Crippen LogP contribution in [0, 0.1) is 0 Å². The Labute approximate surface area is 145 Å². The van der Waals surface area contributed by atoms with Crippen molar-refractivity contribution in [3.63, 3.8) is 0 Å². The average molecular weight is 334 g/mol. The highest BCUT2D eigenvalue weighted by molar-refractivity contribution is 6.05. The largest absolute Gasteiger partial charge is 0.451 e. The summed E-state index contributed by atoms with van der Waals surface area (Å²) in [5.74, 6) is 0.0889. The van der Waals surface area contributed by atoms with Gasteiger partial charge in [0.05, 0.1) is 0 Å². The van der Waals surface area contributed by atoms with Crippen molar-refractivity contribution >= 4 is 34.2 Å². The number of benzene rings is 2. The van der Waals surface area contributed by atoms with Crippen LogP contribution in [0.15, 0.2) is 59.0 Å². The first kappa shape index (κ1) is 15.4. The molecular formula is C20H18N2O3. The molecule has 5 nitrogen and oxygen atoms in total. The molecule has 126 valence electrons. The van der Waals surface area contributed by atoms with Gasteiger partial charge in [-0.25, -0.2) is 0 Å². The van der Waals surface area contributed by atoms with E-state index in [0.29, 0.717) is 17.7 Å². The molecule has 1 saturated heterocycles. The Bertz CT molecular complexity index is 912. The van der Waals surface area contributed by atoms with Gasteiger partial charge in [0, 0.05) is 29.7 Å². The van der Waals surface area contributed by atoms with Crippen molar-refractivity contribution in [2.24, 2.45) is 0 Å². The number of hydrogen-bond donors (Lipinski definition) is 1. The molecule has 1 fully saturated rings. The summed E-state index contributed by atoms with van der Waals surface area (Å²) in [6.07, 6.45) is 2.52. The minimum Gasteiger partial charge on any atom is -0.451 e. The van der Waals surface area contributed by atoms with Gasteiger partial charge in [-0.3, -0.25) is 9.59 Å². The van der Waals surface area contributed by atoms with Crippen molar-refractivity contribution in [3.05, 3.63) is 60.4 Å². The second-order valence-electron chi connectivity index (χ2n) is 6.16. The number of anilines is 2. The molecule has 1 aromatic heterocycles. The van der Waals surface area contributed by atoms with E-state index < -0.39 is 0 Å². The smallest absolute Gasteiger partial charge is 0.291 e. The topological polar surface area (TPSA) is 62.6 Å². The molecule has 0 aliphatic carbocycles. The van der Waals surface area contributed by atoms with E-state index in [1.165, 1.54) is 0 Å². The number of hydrogen-bond acceptors (Lipinski definition) is 3. The second kappa shape index (κ2) is 6.43. The third kappa shape index (κ3) is 3.13. The molecule has 25 heavy (non-hydrogen) atoms. The summed E-state index contributed by atoms with van der Waals surface area (Å²) < 4.78 is 5.59. The van der Waals surface area contributed by atoms with Gasteiger partial charge >= 0.3 is 0 Å². The summed E-state index contributed by atoms with van der Waals surface area (Å²) in [7, 11) is 0. The van der Waals surface area contributed by atoms with Crippen LogP contribution in [0.2, 0.25) is 0 Å². The maximum Gasteiger partial charge on any atom is 0.291 e. The minimum absolute atomic E-state index is 0.131. The van der Waals surface area contributed by atoms with Crippen LogP contribution in [0.25, 0.3) is 11.0 Å². The number of carbonyl (C=O) groups excluding carboxylic acids is 2. The van der Waals surface area contributed by atoms with Crippen molar-refractivity contribution < 1.29 is 14.0 Å². The van der Waals surface area contributed by atoms with Crippen molar-refractivity contribution in [2.75, 3.05) is 16.8 Å². The summed E-state index contributed by atoms with van der Waals surface area (Å²) >= 11 is 0. The van der Waals surface area contributed by atoms with E-state index in [1.807, 2.05) is 42.5 Å². The Kier molecular flexibility index (Phi) is 3.98. The third-order valence-electron chi connectivity index (χ3n) is 4.39. The molecule has 2 amide bonds. The molecule has 3 aromatic rings. The van der Waals surface area contributed by atoms with Gasteiger partial charge in [-0.05, 0) is 43.2 Å². The Morgan fingerprint density at radius 3 is 2.76 bits per heavy atom. The van der Waals surface area contributed by atoms with E-state index in [0.717, 1.165) is 30.5 Å². The van der Waals surface area contributed by atoms with Gasteiger partial charge in [0.1, 0.15) is 5.58 Å². The molecule has 2 aromatic carbocycles. The maximum absolute atomic E-state index is 12.5. The first-order valence-electron chi connectivity index (χ1n) is 8.41. The molecule has 0 atom stereocenters.